The smallest absolute Gasteiger partial charge is 0.358 e. The van der Waals surface area contributed by atoms with Gasteiger partial charge in [0.1, 0.15) is 11.6 Å². The number of carbonyl (C=O) groups excluding carboxylic acids is 1. The summed E-state index contributed by atoms with van der Waals surface area (Å²) in [6.07, 6.45) is 0. The summed E-state index contributed by atoms with van der Waals surface area (Å²) in [6.45, 7) is 1.31. The molecule has 0 bridgehead atoms. The standard InChI is InChI=1S/C17H17N5O2/c1-24-17(23)14-7-9-16(22-21-14)19-11-10-18-15-8-6-12-4-2-3-5-13(12)20-15/h2-9H,10-11H2,1H3,(H,18,20)(H,19,22). The first-order valence-corrected chi connectivity index (χ1v) is 7.52. The highest BCUT2D eigenvalue weighted by Gasteiger charge is 2.07. The molecule has 0 amide bonds. The molecule has 0 aliphatic heterocycles. The van der Waals surface area contributed by atoms with E-state index in [4.69, 9.17) is 0 Å². The van der Waals surface area contributed by atoms with Gasteiger partial charge in [-0.1, -0.05) is 18.2 Å². The number of rotatable bonds is 6. The van der Waals surface area contributed by atoms with Crippen molar-refractivity contribution in [1.29, 1.82) is 0 Å². The average Bonchev–Trinajstić information content (AvgIpc) is 2.65. The van der Waals surface area contributed by atoms with Crippen molar-refractivity contribution in [3.8, 4) is 0 Å². The van der Waals surface area contributed by atoms with Crippen LogP contribution in [0.25, 0.3) is 10.9 Å². The molecule has 7 heteroatoms. The molecule has 0 radical (unpaired) electrons. The Bertz CT molecular complexity index is 836. The zero-order chi connectivity index (χ0) is 16.8. The molecule has 0 fully saturated rings. The fourth-order valence-corrected chi connectivity index (χ4v) is 2.19. The van der Waals surface area contributed by atoms with Gasteiger partial charge in [-0.25, -0.2) is 9.78 Å². The number of carbonyl (C=O) groups is 1. The lowest BCUT2D eigenvalue weighted by Gasteiger charge is -2.08. The number of para-hydroxylation sites is 1. The first-order valence-electron chi connectivity index (χ1n) is 7.52. The Morgan fingerprint density at radius 2 is 1.71 bits per heavy atom. The van der Waals surface area contributed by atoms with E-state index in [9.17, 15) is 4.79 Å². The van der Waals surface area contributed by atoms with E-state index in [0.29, 0.717) is 18.9 Å². The summed E-state index contributed by atoms with van der Waals surface area (Å²) in [4.78, 5) is 15.8. The van der Waals surface area contributed by atoms with Gasteiger partial charge in [0.05, 0.1) is 12.6 Å². The molecule has 2 aromatic heterocycles. The maximum Gasteiger partial charge on any atom is 0.358 e. The normalized spacial score (nSPS) is 10.4. The second-order valence-electron chi connectivity index (χ2n) is 5.04. The van der Waals surface area contributed by atoms with E-state index >= 15 is 0 Å². The van der Waals surface area contributed by atoms with Crippen molar-refractivity contribution < 1.29 is 9.53 Å². The van der Waals surface area contributed by atoms with Gasteiger partial charge in [0.15, 0.2) is 5.69 Å². The van der Waals surface area contributed by atoms with E-state index in [0.717, 1.165) is 16.7 Å². The van der Waals surface area contributed by atoms with Gasteiger partial charge < -0.3 is 15.4 Å². The van der Waals surface area contributed by atoms with Crippen LogP contribution in [0.5, 0.6) is 0 Å². The van der Waals surface area contributed by atoms with E-state index in [1.54, 1.807) is 12.1 Å². The van der Waals surface area contributed by atoms with Crippen molar-refractivity contribution in [2.45, 2.75) is 0 Å². The van der Waals surface area contributed by atoms with E-state index < -0.39 is 5.97 Å². The molecule has 2 heterocycles. The third-order valence-electron chi connectivity index (χ3n) is 3.39. The number of hydrogen-bond donors (Lipinski definition) is 2. The molecule has 0 saturated carbocycles. The van der Waals surface area contributed by atoms with Gasteiger partial charge in [0, 0.05) is 18.5 Å². The molecule has 3 rings (SSSR count). The third kappa shape index (κ3) is 3.75. The Kier molecular flexibility index (Phi) is 4.81. The number of hydrogen-bond acceptors (Lipinski definition) is 7. The van der Waals surface area contributed by atoms with Crippen LogP contribution in [0, 0.1) is 0 Å². The van der Waals surface area contributed by atoms with E-state index in [2.05, 4.69) is 30.6 Å². The Hall–Kier alpha value is -3.22. The first-order chi connectivity index (χ1) is 11.8. The topological polar surface area (TPSA) is 89.0 Å². The molecule has 1 aromatic carbocycles. The van der Waals surface area contributed by atoms with Crippen molar-refractivity contribution >= 4 is 28.5 Å². The molecule has 0 aliphatic carbocycles. The third-order valence-corrected chi connectivity index (χ3v) is 3.39. The van der Waals surface area contributed by atoms with Crippen LogP contribution in [-0.2, 0) is 4.74 Å². The number of methoxy groups -OCH3 is 1. The minimum atomic E-state index is -0.502. The highest BCUT2D eigenvalue weighted by molar-refractivity contribution is 5.87. The van der Waals surface area contributed by atoms with Crippen molar-refractivity contribution in [1.82, 2.24) is 15.2 Å². The summed E-state index contributed by atoms with van der Waals surface area (Å²) in [7, 11) is 1.31. The number of aromatic nitrogens is 3. The summed E-state index contributed by atoms with van der Waals surface area (Å²) < 4.78 is 4.58. The lowest BCUT2D eigenvalue weighted by atomic mass is 10.2. The Balaban J connectivity index is 1.50. The van der Waals surface area contributed by atoms with Crippen LogP contribution in [0.4, 0.5) is 11.6 Å². The highest BCUT2D eigenvalue weighted by Crippen LogP contribution is 2.14. The number of ether oxygens (including phenoxy) is 1. The molecule has 122 valence electrons. The molecule has 0 saturated heterocycles. The van der Waals surface area contributed by atoms with E-state index in [-0.39, 0.29) is 5.69 Å². The predicted molar refractivity (Wildman–Crippen MR) is 92.1 cm³/mol. The van der Waals surface area contributed by atoms with Crippen LogP contribution in [-0.4, -0.2) is 41.3 Å². The molecule has 0 atom stereocenters. The van der Waals surface area contributed by atoms with Crippen LogP contribution in [0.1, 0.15) is 10.5 Å². The maximum absolute atomic E-state index is 11.3. The summed E-state index contributed by atoms with van der Waals surface area (Å²) in [5.41, 5.74) is 1.14. The fraction of sp³-hybridized carbons (Fsp3) is 0.176. The van der Waals surface area contributed by atoms with Crippen molar-refractivity contribution in [2.24, 2.45) is 0 Å². The number of pyridine rings is 1. The lowest BCUT2D eigenvalue weighted by molar-refractivity contribution is 0.0593. The number of nitrogens with one attached hydrogen (secondary N) is 2. The van der Waals surface area contributed by atoms with E-state index in [1.165, 1.54) is 7.11 Å². The largest absolute Gasteiger partial charge is 0.464 e. The van der Waals surface area contributed by atoms with Gasteiger partial charge in [-0.15, -0.1) is 10.2 Å². The number of benzene rings is 1. The summed E-state index contributed by atoms with van der Waals surface area (Å²) in [5.74, 6) is 0.914. The summed E-state index contributed by atoms with van der Waals surface area (Å²) in [6, 6.07) is 15.2. The van der Waals surface area contributed by atoms with Crippen molar-refractivity contribution in [2.75, 3.05) is 30.8 Å². The Morgan fingerprint density at radius 1 is 0.958 bits per heavy atom. The zero-order valence-corrected chi connectivity index (χ0v) is 13.2. The SMILES string of the molecule is COC(=O)c1ccc(NCCNc2ccc3ccccc3n2)nn1. The number of fused-ring (bicyclic) bond motifs is 1. The zero-order valence-electron chi connectivity index (χ0n) is 13.2. The van der Waals surface area contributed by atoms with Gasteiger partial charge in [-0.05, 0) is 30.3 Å². The van der Waals surface area contributed by atoms with Crippen LogP contribution < -0.4 is 10.6 Å². The minimum absolute atomic E-state index is 0.182. The molecule has 0 spiro atoms. The average molecular weight is 323 g/mol. The molecule has 0 aliphatic rings. The second-order valence-corrected chi connectivity index (χ2v) is 5.04. The summed E-state index contributed by atoms with van der Waals surface area (Å²) in [5, 5.41) is 15.2. The van der Waals surface area contributed by atoms with Gasteiger partial charge >= 0.3 is 5.97 Å². The van der Waals surface area contributed by atoms with Crippen molar-refractivity contribution in [3.05, 3.63) is 54.2 Å². The minimum Gasteiger partial charge on any atom is -0.464 e. The first kappa shape index (κ1) is 15.7. The maximum atomic E-state index is 11.3. The van der Waals surface area contributed by atoms with Crippen LogP contribution in [0.15, 0.2) is 48.5 Å². The number of esters is 1. The lowest BCUT2D eigenvalue weighted by Crippen LogP contribution is -2.15. The quantitative estimate of drug-likeness (QED) is 0.531. The second kappa shape index (κ2) is 7.36. The molecule has 24 heavy (non-hydrogen) atoms. The number of nitrogens with zero attached hydrogens (tertiary/aromatic N) is 3. The van der Waals surface area contributed by atoms with Gasteiger partial charge in [-0.2, -0.15) is 0 Å². The van der Waals surface area contributed by atoms with Crippen LogP contribution in [0.2, 0.25) is 0 Å². The van der Waals surface area contributed by atoms with E-state index in [1.807, 2.05) is 36.4 Å². The Morgan fingerprint density at radius 3 is 2.46 bits per heavy atom. The molecule has 3 aromatic rings. The van der Waals surface area contributed by atoms with Crippen molar-refractivity contribution in [3.63, 3.8) is 0 Å². The molecular formula is C17H17N5O2. The molecule has 2 N–H and O–H groups in total. The summed E-state index contributed by atoms with van der Waals surface area (Å²) >= 11 is 0. The Labute approximate surface area is 139 Å². The van der Waals surface area contributed by atoms with Crippen LogP contribution >= 0.6 is 0 Å². The highest BCUT2D eigenvalue weighted by atomic mass is 16.5. The van der Waals surface area contributed by atoms with Gasteiger partial charge in [0.2, 0.25) is 0 Å². The van der Waals surface area contributed by atoms with Crippen LogP contribution in [0.3, 0.4) is 0 Å². The molecular weight excluding hydrogens is 306 g/mol. The van der Waals surface area contributed by atoms with Gasteiger partial charge in [-0.3, -0.25) is 0 Å². The molecule has 0 unspecified atom stereocenters. The molecule has 7 nitrogen and oxygen atoms in total. The fourth-order valence-electron chi connectivity index (χ4n) is 2.19. The monoisotopic (exact) mass is 323 g/mol. The predicted octanol–water partition coefficient (Wildman–Crippen LogP) is 2.34. The number of anilines is 2. The van der Waals surface area contributed by atoms with Gasteiger partial charge in [0.25, 0.3) is 0 Å².